The monoisotopic (exact) mass is 204 g/mol. The Morgan fingerprint density at radius 1 is 1.36 bits per heavy atom. The van der Waals surface area contributed by atoms with Crippen molar-refractivity contribution in [1.82, 2.24) is 0 Å². The van der Waals surface area contributed by atoms with Crippen LogP contribution < -0.4 is 0 Å². The van der Waals surface area contributed by atoms with Gasteiger partial charge in [0.25, 0.3) is 0 Å². The number of methoxy groups -OCH3 is 1. The summed E-state index contributed by atoms with van der Waals surface area (Å²) in [6, 6.07) is 0. The molecule has 0 radical (unpaired) electrons. The maximum Gasteiger partial charge on any atom is 0.0860 e. The summed E-state index contributed by atoms with van der Waals surface area (Å²) < 4.78 is 10.9. The number of hydrogen-bond acceptors (Lipinski definition) is 3. The van der Waals surface area contributed by atoms with Gasteiger partial charge in [0.1, 0.15) is 0 Å². The van der Waals surface area contributed by atoms with Crippen LogP contribution in [-0.2, 0) is 9.47 Å². The standard InChI is InChI=1S/C11H24O3/c1-6-11(3,4)14-10(7-12)9(2)8-13-5/h9-10,12H,6-8H2,1-5H3. The van der Waals surface area contributed by atoms with Gasteiger partial charge in [-0.3, -0.25) is 0 Å². The second-order valence-corrected chi connectivity index (χ2v) is 4.38. The smallest absolute Gasteiger partial charge is 0.0860 e. The van der Waals surface area contributed by atoms with Gasteiger partial charge < -0.3 is 14.6 Å². The summed E-state index contributed by atoms with van der Waals surface area (Å²) in [6.07, 6.45) is 0.799. The first-order valence-electron chi connectivity index (χ1n) is 5.24. The Hall–Kier alpha value is -0.120. The van der Waals surface area contributed by atoms with Crippen LogP contribution in [0, 0.1) is 5.92 Å². The molecular formula is C11H24O3. The van der Waals surface area contributed by atoms with Crippen LogP contribution in [0.25, 0.3) is 0 Å². The lowest BCUT2D eigenvalue weighted by molar-refractivity contribution is -0.120. The summed E-state index contributed by atoms with van der Waals surface area (Å²) in [4.78, 5) is 0. The van der Waals surface area contributed by atoms with Gasteiger partial charge in [-0.25, -0.2) is 0 Å². The molecule has 2 unspecified atom stereocenters. The highest BCUT2D eigenvalue weighted by atomic mass is 16.5. The third-order valence-electron chi connectivity index (χ3n) is 2.57. The molecule has 0 heterocycles. The molecular weight excluding hydrogens is 180 g/mol. The molecule has 0 aromatic rings. The summed E-state index contributed by atoms with van der Waals surface area (Å²) in [7, 11) is 1.66. The zero-order valence-corrected chi connectivity index (χ0v) is 10.0. The van der Waals surface area contributed by atoms with Gasteiger partial charge >= 0.3 is 0 Å². The van der Waals surface area contributed by atoms with Gasteiger partial charge in [0.2, 0.25) is 0 Å². The third kappa shape index (κ3) is 4.94. The second kappa shape index (κ2) is 6.38. The Bertz CT molecular complexity index is 145. The van der Waals surface area contributed by atoms with Crippen LogP contribution in [-0.4, -0.2) is 37.1 Å². The molecule has 0 aliphatic rings. The van der Waals surface area contributed by atoms with Crippen molar-refractivity contribution in [2.24, 2.45) is 5.92 Å². The van der Waals surface area contributed by atoms with E-state index in [1.54, 1.807) is 7.11 Å². The molecule has 3 nitrogen and oxygen atoms in total. The van der Waals surface area contributed by atoms with Crippen molar-refractivity contribution >= 4 is 0 Å². The van der Waals surface area contributed by atoms with Gasteiger partial charge in [-0.15, -0.1) is 0 Å². The van der Waals surface area contributed by atoms with Gasteiger partial charge in [0.05, 0.1) is 24.9 Å². The van der Waals surface area contributed by atoms with Crippen LogP contribution in [0.1, 0.15) is 34.1 Å². The van der Waals surface area contributed by atoms with Crippen LogP contribution in [0.3, 0.4) is 0 Å². The van der Waals surface area contributed by atoms with Crippen molar-refractivity contribution in [2.45, 2.75) is 45.8 Å². The van der Waals surface area contributed by atoms with E-state index >= 15 is 0 Å². The van der Waals surface area contributed by atoms with E-state index in [1.807, 2.05) is 20.8 Å². The van der Waals surface area contributed by atoms with Crippen molar-refractivity contribution < 1.29 is 14.6 Å². The third-order valence-corrected chi connectivity index (χ3v) is 2.57. The number of ether oxygens (including phenoxy) is 2. The summed E-state index contributed by atoms with van der Waals surface area (Å²) in [5.74, 6) is 0.218. The molecule has 0 aliphatic heterocycles. The highest BCUT2D eigenvalue weighted by molar-refractivity contribution is 4.73. The Balaban J connectivity index is 4.14. The van der Waals surface area contributed by atoms with Crippen molar-refractivity contribution in [3.63, 3.8) is 0 Å². The molecule has 0 saturated heterocycles. The fraction of sp³-hybridized carbons (Fsp3) is 1.00. The first kappa shape index (κ1) is 13.9. The summed E-state index contributed by atoms with van der Waals surface area (Å²) in [5.41, 5.74) is -0.171. The maximum atomic E-state index is 9.20. The Morgan fingerprint density at radius 2 is 1.93 bits per heavy atom. The van der Waals surface area contributed by atoms with Gasteiger partial charge in [0, 0.05) is 13.0 Å². The number of aliphatic hydroxyl groups is 1. The zero-order valence-electron chi connectivity index (χ0n) is 10.0. The number of aliphatic hydroxyl groups excluding tert-OH is 1. The van der Waals surface area contributed by atoms with Crippen LogP contribution >= 0.6 is 0 Å². The Labute approximate surface area is 87.4 Å². The van der Waals surface area contributed by atoms with Crippen molar-refractivity contribution in [2.75, 3.05) is 20.3 Å². The lowest BCUT2D eigenvalue weighted by Gasteiger charge is -2.32. The topological polar surface area (TPSA) is 38.7 Å². The molecule has 0 spiro atoms. The molecule has 0 rings (SSSR count). The lowest BCUT2D eigenvalue weighted by atomic mass is 10.0. The normalized spacial score (nSPS) is 16.7. The predicted octanol–water partition coefficient (Wildman–Crippen LogP) is 1.83. The van der Waals surface area contributed by atoms with Gasteiger partial charge in [0.15, 0.2) is 0 Å². The van der Waals surface area contributed by atoms with Gasteiger partial charge in [-0.05, 0) is 20.3 Å². The van der Waals surface area contributed by atoms with Crippen molar-refractivity contribution in [3.8, 4) is 0 Å². The first-order valence-corrected chi connectivity index (χ1v) is 5.24. The average molecular weight is 204 g/mol. The molecule has 0 amide bonds. The molecule has 86 valence electrons. The number of rotatable bonds is 7. The summed E-state index contributed by atoms with van der Waals surface area (Å²) >= 11 is 0. The van der Waals surface area contributed by atoms with Gasteiger partial charge in [-0.1, -0.05) is 13.8 Å². The Kier molecular flexibility index (Phi) is 6.33. The summed E-state index contributed by atoms with van der Waals surface area (Å²) in [5, 5.41) is 9.20. The van der Waals surface area contributed by atoms with E-state index in [4.69, 9.17) is 9.47 Å². The molecule has 0 saturated carbocycles. The van der Waals surface area contributed by atoms with E-state index in [2.05, 4.69) is 6.92 Å². The fourth-order valence-corrected chi connectivity index (χ4v) is 1.20. The molecule has 0 aliphatic carbocycles. The summed E-state index contributed by atoms with van der Waals surface area (Å²) in [6.45, 7) is 8.84. The van der Waals surface area contributed by atoms with E-state index in [9.17, 15) is 5.11 Å². The maximum absolute atomic E-state index is 9.20. The molecule has 2 atom stereocenters. The minimum absolute atomic E-state index is 0.0496. The van der Waals surface area contributed by atoms with Crippen LogP contribution in [0.4, 0.5) is 0 Å². The van der Waals surface area contributed by atoms with E-state index in [0.29, 0.717) is 6.61 Å². The van der Waals surface area contributed by atoms with E-state index < -0.39 is 0 Å². The largest absolute Gasteiger partial charge is 0.394 e. The van der Waals surface area contributed by atoms with Crippen LogP contribution in [0.5, 0.6) is 0 Å². The minimum Gasteiger partial charge on any atom is -0.394 e. The van der Waals surface area contributed by atoms with E-state index in [0.717, 1.165) is 6.42 Å². The quantitative estimate of drug-likeness (QED) is 0.687. The van der Waals surface area contributed by atoms with E-state index in [-0.39, 0.29) is 24.2 Å². The van der Waals surface area contributed by atoms with E-state index in [1.165, 1.54) is 0 Å². The zero-order chi connectivity index (χ0) is 11.2. The highest BCUT2D eigenvalue weighted by Crippen LogP contribution is 2.20. The molecule has 1 N–H and O–H groups in total. The molecule has 0 fully saturated rings. The SMILES string of the molecule is CCC(C)(C)OC(CO)C(C)COC. The fourth-order valence-electron chi connectivity index (χ4n) is 1.20. The van der Waals surface area contributed by atoms with Crippen LogP contribution in [0.15, 0.2) is 0 Å². The van der Waals surface area contributed by atoms with Crippen LogP contribution in [0.2, 0.25) is 0 Å². The predicted molar refractivity (Wildman–Crippen MR) is 57.4 cm³/mol. The molecule has 0 bridgehead atoms. The molecule has 14 heavy (non-hydrogen) atoms. The minimum atomic E-state index is -0.171. The molecule has 0 aromatic carbocycles. The molecule has 0 aromatic heterocycles. The lowest BCUT2D eigenvalue weighted by Crippen LogP contribution is -2.37. The Morgan fingerprint density at radius 3 is 2.29 bits per heavy atom. The van der Waals surface area contributed by atoms with Crippen molar-refractivity contribution in [1.29, 1.82) is 0 Å². The highest BCUT2D eigenvalue weighted by Gasteiger charge is 2.25. The van der Waals surface area contributed by atoms with Gasteiger partial charge in [-0.2, -0.15) is 0 Å². The number of hydrogen-bond donors (Lipinski definition) is 1. The molecule has 3 heteroatoms. The van der Waals surface area contributed by atoms with Crippen molar-refractivity contribution in [3.05, 3.63) is 0 Å². The first-order chi connectivity index (χ1) is 6.46. The average Bonchev–Trinajstić information content (AvgIpc) is 2.14. The second-order valence-electron chi connectivity index (χ2n) is 4.38.